The predicted molar refractivity (Wildman–Crippen MR) is 493 cm³/mol. The fraction of sp³-hybridized carbons (Fsp3) is 0.429. The van der Waals surface area contributed by atoms with Gasteiger partial charge in [-0.3, -0.25) is 0 Å². The summed E-state index contributed by atoms with van der Waals surface area (Å²) in [6, 6.07) is -16.0. The number of rotatable bonds is 36. The van der Waals surface area contributed by atoms with E-state index in [1.807, 2.05) is 0 Å². The quantitative estimate of drug-likeness (QED) is 0.0177. The number of aromatic nitrogens is 6. The average molecular weight is 1850 g/mol. The van der Waals surface area contributed by atoms with Crippen molar-refractivity contribution in [1.29, 1.82) is 0 Å². The van der Waals surface area contributed by atoms with Crippen molar-refractivity contribution in [2.75, 3.05) is 165 Å². The van der Waals surface area contributed by atoms with Crippen LogP contribution >= 0.6 is 0 Å². The molecule has 6 aromatic carbocycles. The molecule has 30 nitrogen and oxygen atoms in total. The third kappa shape index (κ3) is 31.9. The van der Waals surface area contributed by atoms with Crippen LogP contribution in [0.15, 0.2) is 146 Å². The van der Waals surface area contributed by atoms with Crippen molar-refractivity contribution in [3.63, 3.8) is 0 Å². The van der Waals surface area contributed by atoms with E-state index in [2.05, 4.69) is 29.9 Å². The lowest BCUT2D eigenvalue weighted by Crippen LogP contribution is -2.20. The lowest BCUT2D eigenvalue weighted by atomic mass is 10.1. The number of sulfonamides is 6. The molecule has 36 heteroatoms. The monoisotopic (exact) mass is 1850 g/mol. The SMILES string of the molecule is [2H]c1c(C([2H])([2H])S(=O)(=O)NC([2H])([2H])[2H])c([2H])c2c(C([2H])([2H])CN(C([2H])([2H])[2H])C([2H])([2H])[2H])c[nH]c2c1[2H].[2H]c1c(C([2H])([2H])S(=O)(=O)NC([2H])([2H])[2H])c([2H])c2c(C([2H])([2H])CN(C)C([2H])([2H])[2H])c[nH]c2c1[2H].[2H]c1c(C([2H])([2H])S(=O)(=O)NC([2H])([2H])[2H])c([2H])c2c(C([2H])([2H])CN(C)C)c[nH]c2c1[2H].[2H]c1c(C([2H])([2H])S(=O)(=O)NC)c([2H])c2c(C([2H])([2H])C([2H])([2H])N(C([2H])([2H])[2H])C([2H])([2H])[2H])c[nH]c2c1[2H].[2H]c1c(C([2H])([2H])S(=O)(=O)NC)c([2H])c2c(C([2H])([2H])C([2H])([2H])N(C)C([2H])([2H])[2H])c[nH]c2c1[2H].[2H]c1c(C([2H])([2H])S(=O)(=O)NC)c([2H])c2c(C([2H])([2H])C([2H])([2H])N(C)C)c[nH]c2c1[2H]. The molecule has 12 rings (SSSR count). The van der Waals surface area contributed by atoms with Crippen molar-refractivity contribution in [3.8, 4) is 0 Å². The lowest BCUT2D eigenvalue weighted by Gasteiger charge is -2.08. The molecule has 0 aliphatic heterocycles. The van der Waals surface area contributed by atoms with Crippen LogP contribution in [0.3, 0.4) is 0 Å². The first-order chi connectivity index (χ1) is 86.2. The predicted octanol–water partition coefficient (Wildman–Crippen LogP) is 7.93. The maximum Gasteiger partial charge on any atom is 0.215 e. The maximum absolute atomic E-state index is 12.5. The molecular formula is C84H126N18O12S6. The Bertz CT molecular complexity index is 9780. The molecule has 0 radical (unpaired) electrons. The second kappa shape index (κ2) is 45.2. The van der Waals surface area contributed by atoms with Gasteiger partial charge in [-0.15, -0.1) is 0 Å². The fourth-order valence-corrected chi connectivity index (χ4v) is 11.4. The maximum atomic E-state index is 12.5. The van der Waals surface area contributed by atoms with E-state index in [9.17, 15) is 50.5 Å². The Morgan fingerprint density at radius 3 is 0.700 bits per heavy atom. The number of H-pyrrole nitrogens is 6. The van der Waals surface area contributed by atoms with Gasteiger partial charge in [-0.25, -0.2) is 78.8 Å². The van der Waals surface area contributed by atoms with E-state index in [0.29, 0.717) is 0 Å². The first-order valence-electron chi connectivity index (χ1n) is 70.1. The van der Waals surface area contributed by atoms with Crippen LogP contribution in [-0.2, 0) is 133 Å². The smallest absolute Gasteiger partial charge is 0.215 e. The summed E-state index contributed by atoms with van der Waals surface area (Å²) in [7, 11) is -19.8. The molecule has 0 spiro atoms. The van der Waals surface area contributed by atoms with Crippen molar-refractivity contribution >= 4 is 126 Å². The zero-order chi connectivity index (χ0) is 154. The van der Waals surface area contributed by atoms with Gasteiger partial charge in [0, 0.05) is 220 Å². The number of likely N-dealkylation sites (N-methyl/N-ethyl adjacent to an activating group) is 6. The van der Waals surface area contributed by atoms with E-state index in [1.165, 1.54) is 29.9 Å². The number of hydrogen-bond donors (Lipinski definition) is 12. The van der Waals surface area contributed by atoms with Crippen molar-refractivity contribution in [1.82, 2.24) is 87.6 Å². The Kier molecular flexibility index (Phi) is 13.9. The summed E-state index contributed by atoms with van der Waals surface area (Å²) in [6.45, 7) is -41.2. The number of benzene rings is 6. The highest BCUT2D eigenvalue weighted by Crippen LogP contribution is 2.28. The molecule has 660 valence electrons. The Morgan fingerprint density at radius 2 is 0.483 bits per heavy atom. The Hall–Kier alpha value is -8.22. The van der Waals surface area contributed by atoms with Crippen LogP contribution < -0.4 is 28.3 Å². The van der Waals surface area contributed by atoms with Crippen molar-refractivity contribution in [2.24, 2.45) is 0 Å². The summed E-state index contributed by atoms with van der Waals surface area (Å²) in [5.41, 5.74) is -32.4. The molecule has 0 saturated heterocycles. The van der Waals surface area contributed by atoms with Gasteiger partial charge in [-0.1, -0.05) is 36.3 Å². The molecule has 0 aliphatic rings. The van der Waals surface area contributed by atoms with Crippen LogP contribution in [0.4, 0.5) is 0 Å². The highest BCUT2D eigenvalue weighted by molar-refractivity contribution is 7.90. The van der Waals surface area contributed by atoms with Gasteiger partial charge < -0.3 is 59.3 Å². The highest BCUT2D eigenvalue weighted by Gasteiger charge is 2.19. The largest absolute Gasteiger partial charge is 0.361 e. The van der Waals surface area contributed by atoms with E-state index >= 15 is 0 Å². The molecule has 6 aromatic heterocycles. The van der Waals surface area contributed by atoms with Crippen LogP contribution in [0.5, 0.6) is 0 Å². The molecule has 0 amide bonds. The van der Waals surface area contributed by atoms with Crippen LogP contribution in [0, 0.1) is 0 Å². The van der Waals surface area contributed by atoms with Crippen LogP contribution in [0.2, 0.25) is 0 Å². The third-order valence-electron chi connectivity index (χ3n) is 13.9. The molecule has 12 aromatic rings. The molecular weight excluding hydrogens is 1650 g/mol. The summed E-state index contributed by atoms with van der Waals surface area (Å²) in [5, 5.41) is -2.90. The first-order valence-corrected chi connectivity index (χ1v) is 41.5. The summed E-state index contributed by atoms with van der Waals surface area (Å²) in [4.78, 5) is 17.6. The number of aromatic amines is 6. The molecule has 0 saturated carbocycles. The third-order valence-corrected chi connectivity index (χ3v) is 19.1. The van der Waals surface area contributed by atoms with Crippen LogP contribution in [0.25, 0.3) is 65.4 Å². The number of nitrogens with one attached hydrogen (secondary N) is 12. The summed E-state index contributed by atoms with van der Waals surface area (Å²) < 4.78 is 747. The second-order valence-corrected chi connectivity index (χ2v) is 32.6. The van der Waals surface area contributed by atoms with E-state index in [1.54, 1.807) is 28.3 Å². The van der Waals surface area contributed by atoms with Gasteiger partial charge in [0.05, 0.1) is 58.9 Å². The number of nitrogens with zero attached hydrogens (tertiary/aromatic N) is 6. The zero-order valence-corrected chi connectivity index (χ0v) is 68.5. The van der Waals surface area contributed by atoms with Gasteiger partial charge >= 0.3 is 0 Å². The molecule has 12 N–H and O–H groups in total. The summed E-state index contributed by atoms with van der Waals surface area (Å²) >= 11 is 0. The van der Waals surface area contributed by atoms with Crippen molar-refractivity contribution < 1.29 is 153 Å². The van der Waals surface area contributed by atoms with Gasteiger partial charge in [0.1, 0.15) is 0 Å². The Labute approximate surface area is 816 Å². The first kappa shape index (κ1) is 36.9. The van der Waals surface area contributed by atoms with E-state index in [4.69, 9.17) is 103 Å². The minimum Gasteiger partial charge on any atom is -0.361 e. The number of aryl methyl sites for hydroxylation is 3. The molecule has 0 fully saturated rings. The van der Waals surface area contributed by atoms with Gasteiger partial charge in [0.15, 0.2) is 0 Å². The summed E-state index contributed by atoms with van der Waals surface area (Å²) in [6.07, 6.45) is -11.0. The van der Waals surface area contributed by atoms with Gasteiger partial charge in [-0.2, -0.15) is 0 Å². The van der Waals surface area contributed by atoms with Crippen molar-refractivity contribution in [3.05, 3.63) is 213 Å². The molecule has 0 bridgehead atoms. The molecule has 6 heterocycles. The number of fused-ring (bicyclic) bond motifs is 6. The zero-order valence-electron chi connectivity index (χ0n) is 139. The van der Waals surface area contributed by atoms with E-state index in [0.717, 1.165) is 85.5 Å². The van der Waals surface area contributed by atoms with Gasteiger partial charge in [0.2, 0.25) is 60.1 Å². The Morgan fingerprint density at radius 1 is 0.275 bits per heavy atom. The van der Waals surface area contributed by atoms with Gasteiger partial charge in [0.25, 0.3) is 0 Å². The summed E-state index contributed by atoms with van der Waals surface area (Å²) in [5.74, 6) is 0. The highest BCUT2D eigenvalue weighted by atomic mass is 32.2. The second-order valence-electron chi connectivity index (χ2n) is 23.5. The average Bonchev–Trinajstić information content (AvgIpc) is 1.70. The lowest BCUT2D eigenvalue weighted by molar-refractivity contribution is 0.414. The van der Waals surface area contributed by atoms with E-state index in [-0.39, 0.29) is 65.9 Å². The molecule has 120 heavy (non-hydrogen) atoms. The fourth-order valence-electron chi connectivity index (χ4n) is 8.70. The minimum atomic E-state index is -5.45. The van der Waals surface area contributed by atoms with Crippen LogP contribution in [0.1, 0.15) is 170 Å². The molecule has 0 aliphatic carbocycles. The Balaban J connectivity index is 0.000000311. The van der Waals surface area contributed by atoms with Gasteiger partial charge in [-0.05, 0) is 304 Å². The molecule has 0 atom stereocenters. The minimum absolute atomic E-state index is 0.0895. The topological polar surface area (TPSA) is 391 Å². The normalized spacial score (nSPS) is 24.3. The standard InChI is InChI=1S/6C14H21N3O2S/c6*1-15-20(18,19)10-11-4-5-14-13(8-11)12(9-16-14)6-7-17(2)3/h6*4-5,8-9,15-16H,6-7,10H2,1-3H3/i2D3,3D3,4D,5D,6D2,7D2,8D,10D2;1D3,2D3,3D3,4D,5D,6D2,8D,10D2;2D3,4D,5D,6D2,7D2,8D,10D2;1D3,2D3,4D,5D,6D2,8D,10D2;4D,5D,6D2,7D2,8D,10D2;1D3,4D,5D,6D2,8D,10D2. The number of hydrogen-bond acceptors (Lipinski definition) is 18. The van der Waals surface area contributed by atoms with Crippen LogP contribution in [-0.4, -0.2) is 275 Å². The molecule has 0 unspecified atom stereocenters. The van der Waals surface area contributed by atoms with E-state index < -0.39 is 424 Å². The van der Waals surface area contributed by atoms with Crippen molar-refractivity contribution in [2.45, 2.75) is 72.5 Å².